The summed E-state index contributed by atoms with van der Waals surface area (Å²) < 4.78 is 73.3. The Bertz CT molecular complexity index is 2720. The van der Waals surface area contributed by atoms with Crippen molar-refractivity contribution in [2.45, 2.75) is 100 Å². The molecule has 0 spiro atoms. The highest BCUT2D eigenvalue weighted by Crippen LogP contribution is 2.44. The van der Waals surface area contributed by atoms with Crippen molar-refractivity contribution in [1.82, 2.24) is 38.9 Å². The van der Waals surface area contributed by atoms with Crippen LogP contribution in [-0.4, -0.2) is 115 Å². The zero-order valence-corrected chi connectivity index (χ0v) is 34.5. The fourth-order valence-corrected chi connectivity index (χ4v) is 11.4. The van der Waals surface area contributed by atoms with E-state index in [-0.39, 0.29) is 53.5 Å². The first-order valence-electron chi connectivity index (χ1n) is 20.6. The van der Waals surface area contributed by atoms with E-state index < -0.39 is 38.0 Å². The van der Waals surface area contributed by atoms with E-state index in [2.05, 4.69) is 30.9 Å². The molecule has 14 nitrogen and oxygen atoms in total. The maximum Gasteiger partial charge on any atom is 0.410 e. The average molecular weight is 838 g/mol. The zero-order valence-electron chi connectivity index (χ0n) is 33.6. The van der Waals surface area contributed by atoms with Gasteiger partial charge in [0, 0.05) is 42.7 Å². The molecule has 0 unspecified atom stereocenters. The number of amides is 1. The zero-order chi connectivity index (χ0) is 41.7. The van der Waals surface area contributed by atoms with Crippen LogP contribution in [0.15, 0.2) is 42.9 Å². The van der Waals surface area contributed by atoms with Gasteiger partial charge >= 0.3 is 12.1 Å². The Kier molecular flexibility index (Phi) is 9.07. The van der Waals surface area contributed by atoms with Gasteiger partial charge in [-0.1, -0.05) is 30.2 Å². The molecule has 4 atom stereocenters. The summed E-state index contributed by atoms with van der Waals surface area (Å²) in [7, 11) is -3.84. The fraction of sp³-hybridized carbons (Fsp3) is 0.488. The van der Waals surface area contributed by atoms with Gasteiger partial charge in [-0.2, -0.15) is 9.97 Å². The third-order valence-corrected chi connectivity index (χ3v) is 14.6. The van der Waals surface area contributed by atoms with E-state index in [0.717, 1.165) is 36.2 Å². The van der Waals surface area contributed by atoms with E-state index in [0.29, 0.717) is 72.4 Å². The molecule has 17 heteroatoms. The minimum absolute atomic E-state index is 0.000408. The Labute approximate surface area is 346 Å². The summed E-state index contributed by atoms with van der Waals surface area (Å²) in [6.45, 7) is 7.41. The second-order valence-corrected chi connectivity index (χ2v) is 19.9. The van der Waals surface area contributed by atoms with Crippen molar-refractivity contribution in [2.75, 3.05) is 37.7 Å². The molecular formula is C43H45F2N9O5S. The van der Waals surface area contributed by atoms with Gasteiger partial charge in [0.05, 0.1) is 33.8 Å². The highest BCUT2D eigenvalue weighted by atomic mass is 32.2. The number of aromatic nitrogens is 6. The van der Waals surface area contributed by atoms with Gasteiger partial charge < -0.3 is 14.4 Å². The smallest absolute Gasteiger partial charge is 0.410 e. The van der Waals surface area contributed by atoms with E-state index in [4.69, 9.17) is 20.9 Å². The number of carbonyl (C=O) groups excluding carboxylic acids is 1. The Balaban J connectivity index is 1.02. The summed E-state index contributed by atoms with van der Waals surface area (Å²) in [6.07, 6.45) is 13.5. The summed E-state index contributed by atoms with van der Waals surface area (Å²) in [5.41, 5.74) is -1.10. The van der Waals surface area contributed by atoms with Crippen LogP contribution in [0.1, 0.15) is 83.0 Å². The van der Waals surface area contributed by atoms with Crippen molar-refractivity contribution in [1.29, 1.82) is 0 Å². The molecule has 5 aromatic rings. The first-order chi connectivity index (χ1) is 28.7. The number of terminal acetylenes is 1. The van der Waals surface area contributed by atoms with Gasteiger partial charge in [0.25, 0.3) is 10.0 Å². The second-order valence-electron chi connectivity index (χ2n) is 17.8. The van der Waals surface area contributed by atoms with E-state index in [1.807, 2.05) is 30.6 Å². The molecule has 2 bridgehead atoms. The van der Waals surface area contributed by atoms with Crippen LogP contribution in [0.25, 0.3) is 32.9 Å². The number of ether oxygens (including phenoxy) is 2. The van der Waals surface area contributed by atoms with Gasteiger partial charge in [-0.3, -0.25) is 14.8 Å². The number of hydrogen-bond acceptors (Lipinski definition) is 12. The highest BCUT2D eigenvalue weighted by Gasteiger charge is 2.53. The second kappa shape index (κ2) is 14.1. The quantitative estimate of drug-likeness (QED) is 0.168. The molecule has 1 saturated carbocycles. The number of carbonyl (C=O) groups is 1. The molecule has 60 heavy (non-hydrogen) atoms. The first-order valence-corrected chi connectivity index (χ1v) is 22.1. The monoisotopic (exact) mass is 837 g/mol. The third kappa shape index (κ3) is 6.50. The van der Waals surface area contributed by atoms with E-state index >= 15 is 8.78 Å². The van der Waals surface area contributed by atoms with Crippen LogP contribution >= 0.6 is 0 Å². The molecule has 312 valence electrons. The van der Waals surface area contributed by atoms with E-state index in [1.54, 1.807) is 24.3 Å². The highest BCUT2D eigenvalue weighted by molar-refractivity contribution is 7.90. The lowest BCUT2D eigenvalue weighted by Gasteiger charge is -2.42. The number of halogens is 2. The molecule has 0 radical (unpaired) electrons. The Morgan fingerprint density at radius 3 is 2.55 bits per heavy atom. The van der Waals surface area contributed by atoms with E-state index in [9.17, 15) is 13.2 Å². The number of benzene rings is 2. The van der Waals surface area contributed by atoms with Crippen LogP contribution in [0.2, 0.25) is 0 Å². The predicted molar refractivity (Wildman–Crippen MR) is 219 cm³/mol. The van der Waals surface area contributed by atoms with Crippen molar-refractivity contribution in [2.24, 2.45) is 0 Å². The maximum absolute atomic E-state index is 17.3. The molecule has 1 aliphatic carbocycles. The van der Waals surface area contributed by atoms with Gasteiger partial charge in [-0.15, -0.1) is 15.6 Å². The Morgan fingerprint density at radius 2 is 1.82 bits per heavy atom. The Morgan fingerprint density at radius 1 is 1.03 bits per heavy atom. The third-order valence-electron chi connectivity index (χ3n) is 12.8. The molecule has 1 amide bonds. The number of rotatable bonds is 8. The normalized spacial score (nSPS) is 24.3. The average Bonchev–Trinajstić information content (AvgIpc) is 3.48. The number of nitrogens with zero attached hydrogens (tertiary/aromatic N) is 9. The van der Waals surface area contributed by atoms with Crippen LogP contribution in [-0.2, 0) is 14.8 Å². The topological polar surface area (TPSA) is 149 Å². The number of hydrogen-bond donors (Lipinski definition) is 0. The molecule has 4 saturated heterocycles. The number of anilines is 1. The summed E-state index contributed by atoms with van der Waals surface area (Å²) in [5.74, 6) is 2.24. The summed E-state index contributed by atoms with van der Waals surface area (Å²) >= 11 is 0. The van der Waals surface area contributed by atoms with Gasteiger partial charge in [0.1, 0.15) is 41.4 Å². The van der Waals surface area contributed by atoms with Crippen LogP contribution in [0, 0.1) is 24.0 Å². The van der Waals surface area contributed by atoms with Crippen LogP contribution in [0.5, 0.6) is 6.01 Å². The molecular weight excluding hydrogens is 793 g/mol. The summed E-state index contributed by atoms with van der Waals surface area (Å²) in [6, 6.07) is 7.61. The van der Waals surface area contributed by atoms with Crippen LogP contribution in [0.3, 0.4) is 0 Å². The lowest BCUT2D eigenvalue weighted by atomic mass is 9.95. The van der Waals surface area contributed by atoms with Crippen molar-refractivity contribution >= 4 is 43.6 Å². The molecule has 4 aliphatic heterocycles. The number of fused-ring (bicyclic) bond motifs is 5. The SMILES string of the molecule is C#Cc1c(F)ccc2cccc(-c3ncc4c(N5C[C@H]6CC[C@@H](C5)N6C(=O)OC(C)(C)C)nc(OC[C@@]56CCCN5C[C@H](S(=O)(=O)n5cnc(C7CC7)n5)C6)nc4c3F)c12. The lowest BCUT2D eigenvalue weighted by Crippen LogP contribution is -2.57. The first kappa shape index (κ1) is 38.7. The Hall–Kier alpha value is -5.47. The molecule has 2 aromatic carbocycles. The largest absolute Gasteiger partial charge is 0.461 e. The van der Waals surface area contributed by atoms with Crippen molar-refractivity contribution < 1.29 is 31.5 Å². The fourth-order valence-electron chi connectivity index (χ4n) is 9.83. The molecule has 0 N–H and O–H groups in total. The molecule has 5 fully saturated rings. The lowest BCUT2D eigenvalue weighted by molar-refractivity contribution is 0.0122. The maximum atomic E-state index is 17.3. The van der Waals surface area contributed by atoms with Gasteiger partial charge in [0.15, 0.2) is 11.6 Å². The molecule has 10 rings (SSSR count). The van der Waals surface area contributed by atoms with Gasteiger partial charge in [-0.25, -0.2) is 27.0 Å². The summed E-state index contributed by atoms with van der Waals surface area (Å²) in [4.78, 5) is 37.8. The molecule has 3 aromatic heterocycles. The minimum atomic E-state index is -3.84. The van der Waals surface area contributed by atoms with Crippen molar-refractivity contribution in [3.8, 4) is 29.6 Å². The van der Waals surface area contributed by atoms with Crippen molar-refractivity contribution in [3.05, 3.63) is 65.9 Å². The van der Waals surface area contributed by atoms with Crippen LogP contribution < -0.4 is 9.64 Å². The standard InChI is InChI=1S/C43H45F2N9O5S/c1-5-30-33(44)15-12-25-8-6-9-31(34(25)30)36-35(45)37-32(19-46-36)39(51-20-27-13-14-28(21-51)54(27)41(55)59-42(2,3)4)49-40(48-37)58-23-43-16-7-17-52(43)22-29(18-43)60(56,57)53-24-47-38(50-53)26-10-11-26/h1,6,8-9,12,15,19,24,26-29H,7,10-11,13-14,16-18,20-23H2,2-4H3/t27-,28+,29-,43+/m1/s1. The predicted octanol–water partition coefficient (Wildman–Crippen LogP) is 6.03. The number of piperazine rings is 1. The summed E-state index contributed by atoms with van der Waals surface area (Å²) in [5, 5.41) is 4.92. The van der Waals surface area contributed by atoms with Crippen LogP contribution in [0.4, 0.5) is 19.4 Å². The van der Waals surface area contributed by atoms with Gasteiger partial charge in [0.2, 0.25) is 0 Å². The van der Waals surface area contributed by atoms with Crippen molar-refractivity contribution in [3.63, 3.8) is 0 Å². The molecule has 5 aliphatic rings. The minimum Gasteiger partial charge on any atom is -0.461 e. The number of pyridine rings is 1. The molecule has 7 heterocycles. The van der Waals surface area contributed by atoms with E-state index in [1.165, 1.54) is 18.6 Å². The van der Waals surface area contributed by atoms with Gasteiger partial charge in [-0.05, 0) is 83.7 Å².